The maximum absolute atomic E-state index is 5.83. The molecule has 3 nitrogen and oxygen atoms in total. The molecule has 1 heterocycles. The predicted octanol–water partition coefficient (Wildman–Crippen LogP) is 2.48. The molecular weight excluding hydrogens is 254 g/mol. The van der Waals surface area contributed by atoms with E-state index in [-0.39, 0.29) is 0 Å². The van der Waals surface area contributed by atoms with E-state index >= 15 is 0 Å². The molecule has 2 rings (SSSR count). The highest BCUT2D eigenvalue weighted by molar-refractivity contribution is 7.11. The summed E-state index contributed by atoms with van der Waals surface area (Å²) in [6, 6.07) is 7.92. The van der Waals surface area contributed by atoms with Gasteiger partial charge in [0, 0.05) is 17.9 Å². The lowest BCUT2D eigenvalue weighted by atomic mass is 10.1. The Balaban J connectivity index is 1.90. The van der Waals surface area contributed by atoms with Gasteiger partial charge in [-0.05, 0) is 30.7 Å². The quantitative estimate of drug-likeness (QED) is 0.906. The highest BCUT2D eigenvalue weighted by atomic mass is 35.5. The first-order chi connectivity index (χ1) is 8.28. The summed E-state index contributed by atoms with van der Waals surface area (Å²) in [6.07, 6.45) is 2.71. The van der Waals surface area contributed by atoms with Crippen molar-refractivity contribution in [3.8, 4) is 0 Å². The van der Waals surface area contributed by atoms with E-state index in [4.69, 9.17) is 17.3 Å². The average molecular weight is 268 g/mol. The van der Waals surface area contributed by atoms with Crippen LogP contribution in [0.5, 0.6) is 0 Å². The van der Waals surface area contributed by atoms with E-state index < -0.39 is 0 Å². The second-order valence-corrected chi connectivity index (χ2v) is 5.34. The lowest BCUT2D eigenvalue weighted by Gasteiger charge is -1.98. The normalized spacial score (nSPS) is 10.7. The van der Waals surface area contributed by atoms with Gasteiger partial charge in [0.1, 0.15) is 10.0 Å². The molecule has 0 amide bonds. The van der Waals surface area contributed by atoms with Crippen LogP contribution in [0.15, 0.2) is 24.3 Å². The van der Waals surface area contributed by atoms with Crippen molar-refractivity contribution in [2.45, 2.75) is 19.3 Å². The van der Waals surface area contributed by atoms with Gasteiger partial charge in [0.25, 0.3) is 0 Å². The average Bonchev–Trinajstić information content (AvgIpc) is 2.77. The zero-order valence-electron chi connectivity index (χ0n) is 9.40. The molecule has 0 aliphatic rings. The summed E-state index contributed by atoms with van der Waals surface area (Å²) in [5, 5.41) is 11.1. The Morgan fingerprint density at radius 1 is 1.00 bits per heavy atom. The maximum atomic E-state index is 5.83. The van der Waals surface area contributed by atoms with Gasteiger partial charge in [0.2, 0.25) is 0 Å². The monoisotopic (exact) mass is 267 g/mol. The van der Waals surface area contributed by atoms with Crippen LogP contribution >= 0.6 is 22.9 Å². The van der Waals surface area contributed by atoms with Crippen LogP contribution in [0, 0.1) is 0 Å². The van der Waals surface area contributed by atoms with Crippen molar-refractivity contribution in [2.24, 2.45) is 5.73 Å². The van der Waals surface area contributed by atoms with Gasteiger partial charge in [-0.3, -0.25) is 0 Å². The standard InChI is InChI=1S/C12H14ClN3S/c13-10-4-1-9(2-5-10)3-6-11-15-16-12(17-11)7-8-14/h1-2,4-5H,3,6-8,14H2. The van der Waals surface area contributed by atoms with Crippen LogP contribution in [0.4, 0.5) is 0 Å². The molecule has 0 spiro atoms. The van der Waals surface area contributed by atoms with Crippen molar-refractivity contribution >= 4 is 22.9 Å². The fraction of sp³-hybridized carbons (Fsp3) is 0.333. The molecule has 5 heteroatoms. The summed E-state index contributed by atoms with van der Waals surface area (Å²) in [7, 11) is 0. The van der Waals surface area contributed by atoms with Gasteiger partial charge >= 0.3 is 0 Å². The number of hydrogen-bond donors (Lipinski definition) is 1. The van der Waals surface area contributed by atoms with E-state index in [9.17, 15) is 0 Å². The van der Waals surface area contributed by atoms with E-state index in [1.807, 2.05) is 24.3 Å². The second-order valence-electron chi connectivity index (χ2n) is 3.75. The molecule has 0 aliphatic carbocycles. The van der Waals surface area contributed by atoms with Crippen LogP contribution in [0.25, 0.3) is 0 Å². The minimum absolute atomic E-state index is 0.631. The van der Waals surface area contributed by atoms with E-state index in [1.54, 1.807) is 11.3 Å². The Hall–Kier alpha value is -0.970. The first-order valence-corrected chi connectivity index (χ1v) is 6.73. The molecule has 1 aromatic carbocycles. The van der Waals surface area contributed by atoms with Gasteiger partial charge in [-0.1, -0.05) is 23.7 Å². The SMILES string of the molecule is NCCc1nnc(CCc2ccc(Cl)cc2)s1. The molecule has 1 aromatic heterocycles. The van der Waals surface area contributed by atoms with Crippen molar-refractivity contribution < 1.29 is 0 Å². The number of benzene rings is 1. The lowest BCUT2D eigenvalue weighted by molar-refractivity contribution is 0.871. The molecular formula is C12H14ClN3S. The molecule has 0 aliphatic heterocycles. The number of rotatable bonds is 5. The van der Waals surface area contributed by atoms with Crippen LogP contribution in [0.1, 0.15) is 15.6 Å². The van der Waals surface area contributed by atoms with E-state index in [0.29, 0.717) is 6.54 Å². The fourth-order valence-electron chi connectivity index (χ4n) is 1.52. The first kappa shape index (κ1) is 12.5. The van der Waals surface area contributed by atoms with Crippen molar-refractivity contribution in [2.75, 3.05) is 6.54 Å². The second kappa shape index (κ2) is 6.10. The van der Waals surface area contributed by atoms with Crippen molar-refractivity contribution in [1.29, 1.82) is 0 Å². The fourth-order valence-corrected chi connectivity index (χ4v) is 2.50. The zero-order valence-corrected chi connectivity index (χ0v) is 11.0. The summed E-state index contributed by atoms with van der Waals surface area (Å²) in [4.78, 5) is 0. The Bertz CT molecular complexity index is 467. The summed E-state index contributed by atoms with van der Waals surface area (Å²) in [6.45, 7) is 0.631. The van der Waals surface area contributed by atoms with Gasteiger partial charge in [-0.25, -0.2) is 0 Å². The first-order valence-electron chi connectivity index (χ1n) is 5.53. The minimum atomic E-state index is 0.631. The maximum Gasteiger partial charge on any atom is 0.118 e. The number of halogens is 1. The highest BCUT2D eigenvalue weighted by Gasteiger charge is 2.03. The summed E-state index contributed by atoms with van der Waals surface area (Å²) >= 11 is 7.49. The molecule has 17 heavy (non-hydrogen) atoms. The van der Waals surface area contributed by atoms with E-state index in [0.717, 1.165) is 34.3 Å². The van der Waals surface area contributed by atoms with Crippen LogP contribution < -0.4 is 5.73 Å². The topological polar surface area (TPSA) is 51.8 Å². The smallest absolute Gasteiger partial charge is 0.118 e. The minimum Gasteiger partial charge on any atom is -0.330 e. The Labute approximate surface area is 110 Å². The molecule has 0 fully saturated rings. The molecule has 0 bridgehead atoms. The summed E-state index contributed by atoms with van der Waals surface area (Å²) in [5.41, 5.74) is 6.74. The van der Waals surface area contributed by atoms with Gasteiger partial charge in [-0.2, -0.15) is 0 Å². The number of aryl methyl sites for hydroxylation is 2. The number of nitrogens with zero attached hydrogens (tertiary/aromatic N) is 2. The van der Waals surface area contributed by atoms with Gasteiger partial charge < -0.3 is 5.73 Å². The lowest BCUT2D eigenvalue weighted by Crippen LogP contribution is -2.01. The van der Waals surface area contributed by atoms with Crippen LogP contribution in [-0.4, -0.2) is 16.7 Å². The van der Waals surface area contributed by atoms with Gasteiger partial charge in [0.05, 0.1) is 0 Å². The van der Waals surface area contributed by atoms with Crippen LogP contribution in [0.3, 0.4) is 0 Å². The molecule has 0 radical (unpaired) electrons. The Morgan fingerprint density at radius 3 is 2.29 bits per heavy atom. The molecule has 2 aromatic rings. The van der Waals surface area contributed by atoms with E-state index in [1.165, 1.54) is 5.56 Å². The van der Waals surface area contributed by atoms with Gasteiger partial charge in [0.15, 0.2) is 0 Å². The van der Waals surface area contributed by atoms with Crippen molar-refractivity contribution in [3.63, 3.8) is 0 Å². The Morgan fingerprint density at radius 2 is 1.65 bits per heavy atom. The van der Waals surface area contributed by atoms with Crippen LogP contribution in [-0.2, 0) is 19.3 Å². The molecule has 0 saturated heterocycles. The van der Waals surface area contributed by atoms with Crippen LogP contribution in [0.2, 0.25) is 5.02 Å². The predicted molar refractivity (Wildman–Crippen MR) is 71.5 cm³/mol. The highest BCUT2D eigenvalue weighted by Crippen LogP contribution is 2.15. The Kier molecular flexibility index (Phi) is 4.48. The number of aromatic nitrogens is 2. The van der Waals surface area contributed by atoms with Gasteiger partial charge in [-0.15, -0.1) is 21.5 Å². The summed E-state index contributed by atoms with van der Waals surface area (Å²) < 4.78 is 0. The number of hydrogen-bond acceptors (Lipinski definition) is 4. The van der Waals surface area contributed by atoms with Crippen molar-refractivity contribution in [1.82, 2.24) is 10.2 Å². The summed E-state index contributed by atoms with van der Waals surface area (Å²) in [5.74, 6) is 0. The molecule has 90 valence electrons. The third kappa shape index (κ3) is 3.77. The molecule has 0 atom stereocenters. The van der Waals surface area contributed by atoms with E-state index in [2.05, 4.69) is 10.2 Å². The molecule has 2 N–H and O–H groups in total. The largest absolute Gasteiger partial charge is 0.330 e. The third-order valence-electron chi connectivity index (χ3n) is 2.41. The molecule has 0 saturated carbocycles. The van der Waals surface area contributed by atoms with Crippen molar-refractivity contribution in [3.05, 3.63) is 44.9 Å². The number of nitrogens with two attached hydrogens (primary N) is 1. The third-order valence-corrected chi connectivity index (χ3v) is 3.70. The zero-order chi connectivity index (χ0) is 12.1. The molecule has 0 unspecified atom stereocenters.